The molecule has 4 rings (SSSR count). The Morgan fingerprint density at radius 2 is 1.95 bits per heavy atom. The van der Waals surface area contributed by atoms with E-state index in [-0.39, 0.29) is 0 Å². The third kappa shape index (κ3) is 3.49. The zero-order chi connectivity index (χ0) is 14.1. The van der Waals surface area contributed by atoms with Gasteiger partial charge in [-0.1, -0.05) is 12.8 Å². The fourth-order valence-corrected chi connectivity index (χ4v) is 4.80. The van der Waals surface area contributed by atoms with Gasteiger partial charge >= 0.3 is 0 Å². The lowest BCUT2D eigenvalue weighted by atomic mass is 9.77. The number of nitrogens with one attached hydrogen (secondary N) is 1. The highest BCUT2D eigenvalue weighted by molar-refractivity contribution is 7.09. The minimum absolute atomic E-state index is 0.734. The van der Waals surface area contributed by atoms with Gasteiger partial charge in [-0.3, -0.25) is 4.90 Å². The zero-order valence-electron chi connectivity index (χ0n) is 12.9. The van der Waals surface area contributed by atoms with Crippen LogP contribution in [-0.4, -0.2) is 29.0 Å². The van der Waals surface area contributed by atoms with Crippen molar-refractivity contribution in [2.75, 3.05) is 13.1 Å². The lowest BCUT2D eigenvalue weighted by Crippen LogP contribution is -2.38. The SMILES string of the molecule is c1sc(CNC2CC2)nc1CN1CCC2(CCCC2)CC1. The monoisotopic (exact) mass is 305 g/mol. The highest BCUT2D eigenvalue weighted by atomic mass is 32.1. The summed E-state index contributed by atoms with van der Waals surface area (Å²) in [6.07, 6.45) is 11.5. The minimum Gasteiger partial charge on any atom is -0.308 e. The Hall–Kier alpha value is -0.450. The van der Waals surface area contributed by atoms with E-state index in [0.29, 0.717) is 0 Å². The van der Waals surface area contributed by atoms with Gasteiger partial charge in [0, 0.05) is 24.5 Å². The maximum atomic E-state index is 4.81. The molecule has 4 heteroatoms. The first-order valence-electron chi connectivity index (χ1n) is 8.70. The topological polar surface area (TPSA) is 28.2 Å². The smallest absolute Gasteiger partial charge is 0.107 e. The number of rotatable bonds is 5. The number of hydrogen-bond acceptors (Lipinski definition) is 4. The molecule has 3 nitrogen and oxygen atoms in total. The summed E-state index contributed by atoms with van der Waals surface area (Å²) in [5.74, 6) is 0. The average Bonchev–Trinajstić information content (AvgIpc) is 3.05. The van der Waals surface area contributed by atoms with E-state index in [0.717, 1.165) is 24.5 Å². The highest BCUT2D eigenvalue weighted by Gasteiger charge is 2.36. The molecule has 0 radical (unpaired) electrons. The highest BCUT2D eigenvalue weighted by Crippen LogP contribution is 2.46. The van der Waals surface area contributed by atoms with E-state index >= 15 is 0 Å². The molecule has 2 saturated carbocycles. The molecule has 3 fully saturated rings. The lowest BCUT2D eigenvalue weighted by molar-refractivity contribution is 0.103. The summed E-state index contributed by atoms with van der Waals surface area (Å²) in [7, 11) is 0. The summed E-state index contributed by atoms with van der Waals surface area (Å²) >= 11 is 1.83. The average molecular weight is 305 g/mol. The van der Waals surface area contributed by atoms with Crippen molar-refractivity contribution in [1.29, 1.82) is 0 Å². The zero-order valence-corrected chi connectivity index (χ0v) is 13.8. The van der Waals surface area contributed by atoms with Crippen LogP contribution in [0.3, 0.4) is 0 Å². The van der Waals surface area contributed by atoms with Crippen molar-refractivity contribution in [3.8, 4) is 0 Å². The normalized spacial score (nSPS) is 25.7. The molecule has 0 aromatic carbocycles. The van der Waals surface area contributed by atoms with Crippen LogP contribution < -0.4 is 5.32 Å². The van der Waals surface area contributed by atoms with Crippen LogP contribution in [0.25, 0.3) is 0 Å². The van der Waals surface area contributed by atoms with Crippen molar-refractivity contribution < 1.29 is 0 Å². The van der Waals surface area contributed by atoms with Gasteiger partial charge in [-0.25, -0.2) is 4.98 Å². The van der Waals surface area contributed by atoms with E-state index in [4.69, 9.17) is 4.98 Å². The molecular weight excluding hydrogens is 278 g/mol. The Morgan fingerprint density at radius 1 is 1.19 bits per heavy atom. The number of nitrogens with zero attached hydrogens (tertiary/aromatic N) is 2. The summed E-state index contributed by atoms with van der Waals surface area (Å²) < 4.78 is 0. The minimum atomic E-state index is 0.734. The molecule has 1 spiro atoms. The Kier molecular flexibility index (Phi) is 4.03. The van der Waals surface area contributed by atoms with Crippen molar-refractivity contribution >= 4 is 11.3 Å². The van der Waals surface area contributed by atoms with Crippen LogP contribution in [-0.2, 0) is 13.1 Å². The van der Waals surface area contributed by atoms with E-state index in [1.165, 1.54) is 75.2 Å². The van der Waals surface area contributed by atoms with Gasteiger partial charge in [0.15, 0.2) is 0 Å². The molecule has 1 saturated heterocycles. The van der Waals surface area contributed by atoms with Gasteiger partial charge in [0.2, 0.25) is 0 Å². The van der Waals surface area contributed by atoms with Crippen LogP contribution in [0.5, 0.6) is 0 Å². The maximum Gasteiger partial charge on any atom is 0.107 e. The second-order valence-corrected chi connectivity index (χ2v) is 8.31. The molecule has 0 amide bonds. The molecule has 0 unspecified atom stereocenters. The van der Waals surface area contributed by atoms with Crippen LogP contribution in [0.2, 0.25) is 0 Å². The van der Waals surface area contributed by atoms with Gasteiger partial charge in [-0.05, 0) is 57.0 Å². The molecule has 0 bridgehead atoms. The molecule has 116 valence electrons. The largest absolute Gasteiger partial charge is 0.308 e. The predicted molar refractivity (Wildman–Crippen MR) is 87.4 cm³/mol. The molecule has 0 atom stereocenters. The molecule has 1 N–H and O–H groups in total. The van der Waals surface area contributed by atoms with Crippen LogP contribution in [0, 0.1) is 5.41 Å². The molecule has 3 aliphatic rings. The molecular formula is C17H27N3S. The van der Waals surface area contributed by atoms with E-state index in [2.05, 4.69) is 15.6 Å². The molecule has 21 heavy (non-hydrogen) atoms. The van der Waals surface area contributed by atoms with Gasteiger partial charge in [-0.15, -0.1) is 11.3 Å². The number of likely N-dealkylation sites (tertiary alicyclic amines) is 1. The second-order valence-electron chi connectivity index (χ2n) is 7.37. The molecule has 2 heterocycles. The fraction of sp³-hybridized carbons (Fsp3) is 0.824. The van der Waals surface area contributed by atoms with E-state index in [1.54, 1.807) is 0 Å². The lowest BCUT2D eigenvalue weighted by Gasteiger charge is -2.39. The summed E-state index contributed by atoms with van der Waals surface area (Å²) in [6, 6.07) is 0.780. The van der Waals surface area contributed by atoms with Crippen molar-refractivity contribution in [1.82, 2.24) is 15.2 Å². The molecule has 1 aromatic heterocycles. The maximum absolute atomic E-state index is 4.81. The third-order valence-corrected chi connectivity index (χ3v) is 6.58. The number of piperidine rings is 1. The van der Waals surface area contributed by atoms with Crippen molar-refractivity contribution in [2.45, 2.75) is 70.5 Å². The molecule has 1 aromatic rings. The number of aromatic nitrogens is 1. The van der Waals surface area contributed by atoms with Crippen LogP contribution in [0.1, 0.15) is 62.1 Å². The van der Waals surface area contributed by atoms with E-state index in [9.17, 15) is 0 Å². The molecule has 2 aliphatic carbocycles. The van der Waals surface area contributed by atoms with Crippen LogP contribution in [0.15, 0.2) is 5.38 Å². The van der Waals surface area contributed by atoms with Gasteiger partial charge in [0.25, 0.3) is 0 Å². The summed E-state index contributed by atoms with van der Waals surface area (Å²) in [4.78, 5) is 7.43. The summed E-state index contributed by atoms with van der Waals surface area (Å²) in [6.45, 7) is 4.61. The quantitative estimate of drug-likeness (QED) is 0.901. The first-order valence-corrected chi connectivity index (χ1v) is 9.58. The number of thiazole rings is 1. The van der Waals surface area contributed by atoms with Crippen molar-refractivity contribution in [2.24, 2.45) is 5.41 Å². The molecule has 1 aliphatic heterocycles. The Bertz CT molecular complexity index is 464. The Balaban J connectivity index is 1.26. The first-order chi connectivity index (χ1) is 10.3. The van der Waals surface area contributed by atoms with E-state index in [1.807, 2.05) is 11.3 Å². The summed E-state index contributed by atoms with van der Waals surface area (Å²) in [5.41, 5.74) is 2.02. The fourth-order valence-electron chi connectivity index (χ4n) is 4.06. The van der Waals surface area contributed by atoms with E-state index < -0.39 is 0 Å². The predicted octanol–water partition coefficient (Wildman–Crippen LogP) is 3.55. The number of hydrogen-bond donors (Lipinski definition) is 1. The van der Waals surface area contributed by atoms with Crippen molar-refractivity contribution in [3.63, 3.8) is 0 Å². The van der Waals surface area contributed by atoms with Gasteiger partial charge in [0.05, 0.1) is 5.69 Å². The Morgan fingerprint density at radius 3 is 2.67 bits per heavy atom. The second kappa shape index (κ2) is 5.98. The van der Waals surface area contributed by atoms with Crippen LogP contribution in [0.4, 0.5) is 0 Å². The third-order valence-electron chi connectivity index (χ3n) is 5.69. The van der Waals surface area contributed by atoms with Crippen LogP contribution >= 0.6 is 11.3 Å². The van der Waals surface area contributed by atoms with Gasteiger partial charge in [0.1, 0.15) is 5.01 Å². The first kappa shape index (κ1) is 14.2. The van der Waals surface area contributed by atoms with Gasteiger partial charge in [-0.2, -0.15) is 0 Å². The van der Waals surface area contributed by atoms with Crippen molar-refractivity contribution in [3.05, 3.63) is 16.1 Å². The van der Waals surface area contributed by atoms with Gasteiger partial charge < -0.3 is 5.32 Å². The standard InChI is InChI=1S/C17H27N3S/c1-2-6-17(5-1)7-9-20(10-8-17)12-15-13-21-16(19-15)11-18-14-3-4-14/h13-14,18H,1-12H2. The Labute approximate surface area is 132 Å². The summed E-state index contributed by atoms with van der Waals surface area (Å²) in [5, 5.41) is 7.09.